The van der Waals surface area contributed by atoms with E-state index in [1.54, 1.807) is 12.1 Å². The van der Waals surface area contributed by atoms with Crippen LogP contribution in [0.3, 0.4) is 0 Å². The van der Waals surface area contributed by atoms with E-state index in [0.29, 0.717) is 29.4 Å². The lowest BCUT2D eigenvalue weighted by molar-refractivity contribution is 0.0728. The van der Waals surface area contributed by atoms with E-state index in [9.17, 15) is 4.79 Å². The first-order valence-corrected chi connectivity index (χ1v) is 6.33. The number of aliphatic hydroxyl groups is 1. The number of carbonyl (C=O) groups excluding carboxylic acids is 1. The number of rotatable bonds is 7. The second-order valence-electron chi connectivity index (χ2n) is 4.02. The van der Waals surface area contributed by atoms with Gasteiger partial charge in [0.25, 0.3) is 5.91 Å². The van der Waals surface area contributed by atoms with Crippen molar-refractivity contribution < 1.29 is 24.1 Å². The fourth-order valence-electron chi connectivity index (χ4n) is 1.89. The van der Waals surface area contributed by atoms with E-state index >= 15 is 0 Å². The zero-order valence-corrected chi connectivity index (χ0v) is 12.3. The fraction of sp³-hybridized carbons (Fsp3) is 0.500. The third-order valence-electron chi connectivity index (χ3n) is 2.97. The molecular weight excluding hydrogens is 262 g/mol. The molecule has 0 unspecified atom stereocenters. The summed E-state index contributed by atoms with van der Waals surface area (Å²) >= 11 is 0. The van der Waals surface area contributed by atoms with Crippen molar-refractivity contribution >= 4 is 5.91 Å². The van der Waals surface area contributed by atoms with Gasteiger partial charge in [0.15, 0.2) is 11.5 Å². The Morgan fingerprint density at radius 3 is 2.10 bits per heavy atom. The van der Waals surface area contributed by atoms with Gasteiger partial charge in [0, 0.05) is 25.2 Å². The van der Waals surface area contributed by atoms with Crippen molar-refractivity contribution in [2.24, 2.45) is 0 Å². The molecule has 1 rings (SSSR count). The Morgan fingerprint density at radius 2 is 1.65 bits per heavy atom. The van der Waals surface area contributed by atoms with Crippen molar-refractivity contribution in [2.75, 3.05) is 41.0 Å². The van der Waals surface area contributed by atoms with E-state index < -0.39 is 0 Å². The molecule has 0 saturated heterocycles. The molecular formula is C14H21NO5. The van der Waals surface area contributed by atoms with E-state index in [2.05, 4.69) is 0 Å². The third kappa shape index (κ3) is 3.33. The summed E-state index contributed by atoms with van der Waals surface area (Å²) in [4.78, 5) is 14.0. The molecule has 1 amide bonds. The Labute approximate surface area is 118 Å². The van der Waals surface area contributed by atoms with Crippen LogP contribution in [0, 0.1) is 0 Å². The minimum atomic E-state index is -0.223. The van der Waals surface area contributed by atoms with Crippen LogP contribution >= 0.6 is 0 Å². The molecule has 0 atom stereocenters. The van der Waals surface area contributed by atoms with E-state index in [1.165, 1.54) is 26.2 Å². The first kappa shape index (κ1) is 16.1. The molecule has 0 saturated carbocycles. The van der Waals surface area contributed by atoms with E-state index in [-0.39, 0.29) is 19.1 Å². The van der Waals surface area contributed by atoms with Gasteiger partial charge in [0.05, 0.1) is 33.5 Å². The summed E-state index contributed by atoms with van der Waals surface area (Å²) in [5.74, 6) is 1.13. The second kappa shape index (κ2) is 7.59. The second-order valence-corrected chi connectivity index (χ2v) is 4.02. The number of ether oxygens (including phenoxy) is 3. The number of nitrogens with zero attached hydrogens (tertiary/aromatic N) is 1. The van der Waals surface area contributed by atoms with Crippen LogP contribution < -0.4 is 14.2 Å². The number of methoxy groups -OCH3 is 3. The average molecular weight is 283 g/mol. The molecule has 0 aliphatic carbocycles. The highest BCUT2D eigenvalue weighted by Crippen LogP contribution is 2.35. The standard InChI is InChI=1S/C14H21NO5/c1-5-15(6-7-16)14(17)10-8-12(19-3)13(20-4)9-11(10)18-2/h8-9,16H,5-7H2,1-4H3. The van der Waals surface area contributed by atoms with Gasteiger partial charge in [-0.1, -0.05) is 0 Å². The quantitative estimate of drug-likeness (QED) is 0.813. The van der Waals surface area contributed by atoms with Crippen LogP contribution in [0.5, 0.6) is 17.2 Å². The molecule has 6 heteroatoms. The number of amides is 1. The van der Waals surface area contributed by atoms with Gasteiger partial charge >= 0.3 is 0 Å². The SMILES string of the molecule is CCN(CCO)C(=O)c1cc(OC)c(OC)cc1OC. The minimum Gasteiger partial charge on any atom is -0.496 e. The Balaban J connectivity index is 3.24. The Hall–Kier alpha value is -1.95. The van der Waals surface area contributed by atoms with Crippen LogP contribution in [0.25, 0.3) is 0 Å². The van der Waals surface area contributed by atoms with Crippen LogP contribution in [0.1, 0.15) is 17.3 Å². The summed E-state index contributed by atoms with van der Waals surface area (Å²) < 4.78 is 15.6. The molecule has 1 N–H and O–H groups in total. The number of benzene rings is 1. The molecule has 0 aliphatic rings. The molecule has 0 heterocycles. The fourth-order valence-corrected chi connectivity index (χ4v) is 1.89. The first-order valence-electron chi connectivity index (χ1n) is 6.33. The summed E-state index contributed by atoms with van der Waals surface area (Å²) in [5, 5.41) is 9.00. The number of carbonyl (C=O) groups is 1. The summed E-state index contributed by atoms with van der Waals surface area (Å²) in [6.45, 7) is 2.53. The predicted octanol–water partition coefficient (Wildman–Crippen LogP) is 1.17. The summed E-state index contributed by atoms with van der Waals surface area (Å²) in [7, 11) is 4.51. The summed E-state index contributed by atoms with van der Waals surface area (Å²) in [6, 6.07) is 3.19. The highest BCUT2D eigenvalue weighted by atomic mass is 16.5. The average Bonchev–Trinajstić information content (AvgIpc) is 2.50. The maximum atomic E-state index is 12.5. The molecule has 0 aliphatic heterocycles. The maximum Gasteiger partial charge on any atom is 0.257 e. The number of hydrogen-bond donors (Lipinski definition) is 1. The van der Waals surface area contributed by atoms with Crippen molar-refractivity contribution in [1.82, 2.24) is 4.90 Å². The molecule has 6 nitrogen and oxygen atoms in total. The summed E-state index contributed by atoms with van der Waals surface area (Å²) in [5.41, 5.74) is 0.375. The first-order chi connectivity index (χ1) is 9.62. The monoisotopic (exact) mass is 283 g/mol. The molecule has 0 spiro atoms. The molecule has 1 aromatic rings. The lowest BCUT2D eigenvalue weighted by atomic mass is 10.1. The Morgan fingerprint density at radius 1 is 1.10 bits per heavy atom. The maximum absolute atomic E-state index is 12.5. The van der Waals surface area contributed by atoms with E-state index in [4.69, 9.17) is 19.3 Å². The largest absolute Gasteiger partial charge is 0.496 e. The van der Waals surface area contributed by atoms with Crippen molar-refractivity contribution in [3.8, 4) is 17.2 Å². The smallest absolute Gasteiger partial charge is 0.257 e. The highest BCUT2D eigenvalue weighted by Gasteiger charge is 2.21. The van der Waals surface area contributed by atoms with Gasteiger partial charge in [0.2, 0.25) is 0 Å². The van der Waals surface area contributed by atoms with Crippen LogP contribution in [0.2, 0.25) is 0 Å². The lowest BCUT2D eigenvalue weighted by Crippen LogP contribution is -2.33. The molecule has 1 aromatic carbocycles. The highest BCUT2D eigenvalue weighted by molar-refractivity contribution is 5.97. The molecule has 20 heavy (non-hydrogen) atoms. The normalized spacial score (nSPS) is 10.1. The van der Waals surface area contributed by atoms with Gasteiger partial charge in [-0.2, -0.15) is 0 Å². The number of likely N-dealkylation sites (N-methyl/N-ethyl adjacent to an activating group) is 1. The minimum absolute atomic E-state index is 0.0881. The molecule has 0 fully saturated rings. The number of aliphatic hydroxyl groups excluding tert-OH is 1. The van der Waals surface area contributed by atoms with Gasteiger partial charge in [-0.3, -0.25) is 4.79 Å². The van der Waals surface area contributed by atoms with Gasteiger partial charge in [-0.25, -0.2) is 0 Å². The Kier molecular flexibility index (Phi) is 6.11. The van der Waals surface area contributed by atoms with Crippen molar-refractivity contribution in [2.45, 2.75) is 6.92 Å². The Bertz CT molecular complexity index is 461. The van der Waals surface area contributed by atoms with Crippen LogP contribution in [-0.2, 0) is 0 Å². The zero-order valence-electron chi connectivity index (χ0n) is 12.3. The van der Waals surface area contributed by atoms with Crippen LogP contribution in [0.15, 0.2) is 12.1 Å². The van der Waals surface area contributed by atoms with Gasteiger partial charge in [-0.05, 0) is 6.92 Å². The summed E-state index contributed by atoms with van der Waals surface area (Å²) in [6.07, 6.45) is 0. The van der Waals surface area contributed by atoms with Crippen LogP contribution in [0.4, 0.5) is 0 Å². The van der Waals surface area contributed by atoms with E-state index in [1.807, 2.05) is 6.92 Å². The van der Waals surface area contributed by atoms with Gasteiger partial charge in [-0.15, -0.1) is 0 Å². The molecule has 0 aromatic heterocycles. The molecule has 112 valence electrons. The van der Waals surface area contributed by atoms with Gasteiger partial charge in [0.1, 0.15) is 5.75 Å². The third-order valence-corrected chi connectivity index (χ3v) is 2.97. The lowest BCUT2D eigenvalue weighted by Gasteiger charge is -2.21. The van der Waals surface area contributed by atoms with Gasteiger partial charge < -0.3 is 24.2 Å². The van der Waals surface area contributed by atoms with Crippen molar-refractivity contribution in [1.29, 1.82) is 0 Å². The topological polar surface area (TPSA) is 68.2 Å². The predicted molar refractivity (Wildman–Crippen MR) is 74.8 cm³/mol. The van der Waals surface area contributed by atoms with Crippen molar-refractivity contribution in [3.05, 3.63) is 17.7 Å². The number of hydrogen-bond acceptors (Lipinski definition) is 5. The molecule has 0 bridgehead atoms. The van der Waals surface area contributed by atoms with Crippen molar-refractivity contribution in [3.63, 3.8) is 0 Å². The zero-order chi connectivity index (χ0) is 15.1. The van der Waals surface area contributed by atoms with E-state index in [0.717, 1.165) is 0 Å². The molecule has 0 radical (unpaired) electrons. The van der Waals surface area contributed by atoms with Crippen LogP contribution in [-0.4, -0.2) is 56.9 Å².